The number of hydrogen-bond acceptors (Lipinski definition) is 6. The van der Waals surface area contributed by atoms with Gasteiger partial charge in [-0.2, -0.15) is 22.7 Å². The van der Waals surface area contributed by atoms with Crippen molar-refractivity contribution in [3.63, 3.8) is 0 Å². The summed E-state index contributed by atoms with van der Waals surface area (Å²) in [6.07, 6.45) is 2.45. The molecule has 2 aromatic heterocycles. The predicted octanol–water partition coefficient (Wildman–Crippen LogP) is 3.29. The van der Waals surface area contributed by atoms with Gasteiger partial charge < -0.3 is 21.3 Å². The van der Waals surface area contributed by atoms with Crippen molar-refractivity contribution in [1.29, 1.82) is 0 Å². The van der Waals surface area contributed by atoms with Gasteiger partial charge in [0, 0.05) is 48.3 Å². The second kappa shape index (κ2) is 11.5. The summed E-state index contributed by atoms with van der Waals surface area (Å²) >= 11 is 3.46. The molecule has 6 heteroatoms. The molecule has 0 unspecified atom stereocenters. The lowest BCUT2D eigenvalue weighted by molar-refractivity contribution is 0.593. The maximum Gasteiger partial charge on any atom is 0.0449 e. The van der Waals surface area contributed by atoms with Crippen molar-refractivity contribution >= 4 is 34.0 Å². The van der Waals surface area contributed by atoms with Crippen molar-refractivity contribution in [1.82, 2.24) is 10.6 Å². The highest BCUT2D eigenvalue weighted by molar-refractivity contribution is 7.08. The van der Waals surface area contributed by atoms with Gasteiger partial charge in [0.2, 0.25) is 0 Å². The molecule has 0 atom stereocenters. The lowest BCUT2D eigenvalue weighted by Gasteiger charge is -2.08. The lowest BCUT2D eigenvalue weighted by Crippen LogP contribution is -2.25. The number of hydrogen-bond donors (Lipinski definition) is 4. The summed E-state index contributed by atoms with van der Waals surface area (Å²) in [5.74, 6) is 0. The van der Waals surface area contributed by atoms with E-state index < -0.39 is 0 Å². The van der Waals surface area contributed by atoms with Gasteiger partial charge in [-0.15, -0.1) is 0 Å². The maximum atomic E-state index is 3.47. The summed E-state index contributed by atoms with van der Waals surface area (Å²) in [5, 5.41) is 22.2. The van der Waals surface area contributed by atoms with Crippen LogP contribution in [0.5, 0.6) is 0 Å². The molecule has 0 radical (unpaired) electrons. The SMILES string of the molecule is c1cc(NCCNCCCCNCCNc2ccsc2)cs1. The van der Waals surface area contributed by atoms with E-state index in [1.54, 1.807) is 22.7 Å². The third-order valence-electron chi connectivity index (χ3n) is 3.26. The molecule has 0 aromatic carbocycles. The average Bonchev–Trinajstić information content (AvgIpc) is 3.21. The number of unbranched alkanes of at least 4 members (excludes halogenated alkanes) is 1. The summed E-state index contributed by atoms with van der Waals surface area (Å²) in [5.41, 5.74) is 2.46. The molecule has 2 heterocycles. The molecule has 2 aromatic rings. The first-order chi connectivity index (χ1) is 10.9. The van der Waals surface area contributed by atoms with Crippen LogP contribution in [0.3, 0.4) is 0 Å². The molecule has 122 valence electrons. The van der Waals surface area contributed by atoms with Gasteiger partial charge in [0.15, 0.2) is 0 Å². The van der Waals surface area contributed by atoms with E-state index in [1.165, 1.54) is 24.2 Å². The van der Waals surface area contributed by atoms with Crippen molar-refractivity contribution in [3.05, 3.63) is 33.7 Å². The minimum atomic E-state index is 0.989. The molecule has 0 aliphatic heterocycles. The molecule has 0 bridgehead atoms. The van der Waals surface area contributed by atoms with Crippen molar-refractivity contribution in [2.45, 2.75) is 12.8 Å². The van der Waals surface area contributed by atoms with Gasteiger partial charge in [-0.3, -0.25) is 0 Å². The quantitative estimate of drug-likeness (QED) is 0.423. The van der Waals surface area contributed by atoms with Crippen LogP contribution in [0.1, 0.15) is 12.8 Å². The molecular weight excluding hydrogens is 312 g/mol. The van der Waals surface area contributed by atoms with E-state index in [4.69, 9.17) is 0 Å². The average molecular weight is 339 g/mol. The third-order valence-corrected chi connectivity index (χ3v) is 4.63. The molecule has 0 saturated heterocycles. The third kappa shape index (κ3) is 7.79. The Kier molecular flexibility index (Phi) is 9.02. The van der Waals surface area contributed by atoms with Crippen LogP contribution in [-0.2, 0) is 0 Å². The van der Waals surface area contributed by atoms with E-state index in [9.17, 15) is 0 Å². The zero-order valence-electron chi connectivity index (χ0n) is 12.9. The molecule has 2 rings (SSSR count). The van der Waals surface area contributed by atoms with Crippen molar-refractivity contribution in [2.75, 3.05) is 49.9 Å². The van der Waals surface area contributed by atoms with Gasteiger partial charge in [-0.05, 0) is 48.8 Å². The molecule has 22 heavy (non-hydrogen) atoms. The van der Waals surface area contributed by atoms with Gasteiger partial charge in [-0.1, -0.05) is 0 Å². The summed E-state index contributed by atoms with van der Waals surface area (Å²) < 4.78 is 0. The van der Waals surface area contributed by atoms with Crippen LogP contribution in [0, 0.1) is 0 Å². The van der Waals surface area contributed by atoms with Gasteiger partial charge in [-0.25, -0.2) is 0 Å². The van der Waals surface area contributed by atoms with Crippen molar-refractivity contribution < 1.29 is 0 Å². The molecule has 0 fully saturated rings. The van der Waals surface area contributed by atoms with Crippen LogP contribution in [0.2, 0.25) is 0 Å². The van der Waals surface area contributed by atoms with E-state index in [2.05, 4.69) is 54.9 Å². The van der Waals surface area contributed by atoms with Crippen LogP contribution in [0.15, 0.2) is 33.7 Å². The zero-order valence-corrected chi connectivity index (χ0v) is 14.6. The molecule has 0 spiro atoms. The molecule has 0 aliphatic rings. The standard InChI is InChI=1S/C16H26N4S2/c1(5-17-7-9-19-15-3-11-21-13-15)2-6-18-8-10-20-16-4-12-22-14-16/h3-4,11-14,17-20H,1-2,5-10H2. The largest absolute Gasteiger partial charge is 0.383 e. The minimum Gasteiger partial charge on any atom is -0.383 e. The van der Waals surface area contributed by atoms with Crippen LogP contribution in [0.25, 0.3) is 0 Å². The predicted molar refractivity (Wildman–Crippen MR) is 101 cm³/mol. The first kappa shape index (κ1) is 17.3. The Hall–Kier alpha value is -1.08. The Bertz CT molecular complexity index is 412. The fourth-order valence-corrected chi connectivity index (χ4v) is 3.30. The van der Waals surface area contributed by atoms with Gasteiger partial charge in [0.25, 0.3) is 0 Å². The highest BCUT2D eigenvalue weighted by Crippen LogP contribution is 2.11. The number of nitrogens with one attached hydrogen (secondary N) is 4. The van der Waals surface area contributed by atoms with Crippen molar-refractivity contribution in [2.24, 2.45) is 0 Å². The van der Waals surface area contributed by atoms with Gasteiger partial charge >= 0.3 is 0 Å². The fraction of sp³-hybridized carbons (Fsp3) is 0.500. The second-order valence-electron chi connectivity index (χ2n) is 5.08. The Morgan fingerprint density at radius 2 is 1.14 bits per heavy atom. The number of thiophene rings is 2. The Labute approximate surface area is 141 Å². The molecule has 0 saturated carbocycles. The Morgan fingerprint density at radius 1 is 0.636 bits per heavy atom. The summed E-state index contributed by atoms with van der Waals surface area (Å²) in [6, 6.07) is 4.23. The smallest absolute Gasteiger partial charge is 0.0449 e. The van der Waals surface area contributed by atoms with Crippen LogP contribution >= 0.6 is 22.7 Å². The topological polar surface area (TPSA) is 48.1 Å². The highest BCUT2D eigenvalue weighted by Gasteiger charge is 1.93. The lowest BCUT2D eigenvalue weighted by atomic mass is 10.3. The molecule has 4 N–H and O–H groups in total. The maximum absolute atomic E-state index is 3.47. The van der Waals surface area contributed by atoms with Crippen LogP contribution < -0.4 is 21.3 Å². The van der Waals surface area contributed by atoms with E-state index in [0.29, 0.717) is 0 Å². The normalized spacial score (nSPS) is 10.7. The van der Waals surface area contributed by atoms with Gasteiger partial charge in [0.05, 0.1) is 0 Å². The minimum absolute atomic E-state index is 0.989. The van der Waals surface area contributed by atoms with E-state index >= 15 is 0 Å². The summed E-state index contributed by atoms with van der Waals surface area (Å²) in [7, 11) is 0. The molecular formula is C16H26N4S2. The van der Waals surface area contributed by atoms with E-state index in [-0.39, 0.29) is 0 Å². The molecule has 4 nitrogen and oxygen atoms in total. The second-order valence-corrected chi connectivity index (χ2v) is 6.64. The number of rotatable bonds is 13. The van der Waals surface area contributed by atoms with Gasteiger partial charge in [0.1, 0.15) is 0 Å². The first-order valence-corrected chi connectivity index (χ1v) is 9.77. The summed E-state index contributed by atoms with van der Waals surface area (Å²) in [6.45, 7) is 6.22. The van der Waals surface area contributed by atoms with Crippen molar-refractivity contribution in [3.8, 4) is 0 Å². The highest BCUT2D eigenvalue weighted by atomic mass is 32.1. The Morgan fingerprint density at radius 3 is 1.55 bits per heavy atom. The fourth-order valence-electron chi connectivity index (χ4n) is 2.07. The Balaban J connectivity index is 1.29. The first-order valence-electron chi connectivity index (χ1n) is 7.89. The summed E-state index contributed by atoms with van der Waals surface area (Å²) in [4.78, 5) is 0. The van der Waals surface area contributed by atoms with E-state index in [0.717, 1.165) is 39.3 Å². The monoisotopic (exact) mass is 338 g/mol. The molecule has 0 aliphatic carbocycles. The zero-order chi connectivity index (χ0) is 15.3. The number of anilines is 2. The van der Waals surface area contributed by atoms with Crippen LogP contribution in [-0.4, -0.2) is 39.3 Å². The molecule has 0 amide bonds. The van der Waals surface area contributed by atoms with E-state index in [1.807, 2.05) is 0 Å². The van der Waals surface area contributed by atoms with Crippen LogP contribution in [0.4, 0.5) is 11.4 Å².